The van der Waals surface area contributed by atoms with Gasteiger partial charge in [-0.25, -0.2) is 0 Å². The zero-order chi connectivity index (χ0) is 25.9. The molecule has 38 heavy (non-hydrogen) atoms. The van der Waals surface area contributed by atoms with Gasteiger partial charge in [0.05, 0.1) is 0 Å². The molecule has 4 aromatic carbocycles. The molecule has 0 heterocycles. The summed E-state index contributed by atoms with van der Waals surface area (Å²) in [5.41, 5.74) is 5.65. The van der Waals surface area contributed by atoms with E-state index < -0.39 is 8.80 Å². The van der Waals surface area contributed by atoms with Gasteiger partial charge in [-0.2, -0.15) is 30.3 Å². The molecule has 191 valence electrons. The third-order valence-corrected chi connectivity index (χ3v) is 8.67. The first-order valence-corrected chi connectivity index (χ1v) is 13.8. The summed E-state index contributed by atoms with van der Waals surface area (Å²) in [5.74, 6) is 0.822. The molecule has 0 bridgehead atoms. The number of rotatable bonds is 11. The second-order valence-corrected chi connectivity index (χ2v) is 11.3. The Morgan fingerprint density at radius 2 is 1.00 bits per heavy atom. The summed E-state index contributed by atoms with van der Waals surface area (Å²) >= 11 is 0. The Hall–Kier alpha value is -2.64. The normalized spacial score (nSPS) is 11.6. The van der Waals surface area contributed by atoms with E-state index in [0.717, 1.165) is 33.2 Å². The molecular weight excluding hydrogens is 565 g/mol. The van der Waals surface area contributed by atoms with Crippen LogP contribution >= 0.6 is 0 Å². The minimum Gasteiger partial charge on any atom is -0.489 e. The molecule has 0 unspecified atom stereocenters. The van der Waals surface area contributed by atoms with E-state index in [1.54, 1.807) is 21.3 Å². The zero-order valence-corrected chi connectivity index (χ0v) is 25.8. The predicted molar refractivity (Wildman–Crippen MR) is 153 cm³/mol. The van der Waals surface area contributed by atoms with Gasteiger partial charge in [-0.05, 0) is 34.4 Å². The van der Waals surface area contributed by atoms with Crippen molar-refractivity contribution in [3.05, 3.63) is 131 Å². The molecule has 4 rings (SSSR count). The minimum absolute atomic E-state index is 0. The van der Waals surface area contributed by atoms with E-state index in [-0.39, 0.29) is 32.7 Å². The van der Waals surface area contributed by atoms with Crippen LogP contribution in [0.1, 0.15) is 27.8 Å². The Kier molecular flexibility index (Phi) is 11.9. The van der Waals surface area contributed by atoms with Crippen LogP contribution in [0.15, 0.2) is 97.1 Å². The monoisotopic (exact) mass is 596 g/mol. The fraction of sp³-hybridized carbons (Fsp3) is 0.125. The van der Waals surface area contributed by atoms with Crippen molar-refractivity contribution < 1.29 is 50.7 Å². The number of benzene rings is 4. The summed E-state index contributed by atoms with van der Waals surface area (Å²) < 4.78 is 22.6. The van der Waals surface area contributed by atoms with Gasteiger partial charge >= 0.3 is 8.80 Å². The van der Waals surface area contributed by atoms with Gasteiger partial charge in [0.2, 0.25) is 0 Å². The van der Waals surface area contributed by atoms with Gasteiger partial charge in [0.15, 0.2) is 0 Å². The second kappa shape index (κ2) is 15.1. The van der Waals surface area contributed by atoms with E-state index in [9.17, 15) is 0 Å². The molecule has 0 aliphatic carbocycles. The van der Waals surface area contributed by atoms with Gasteiger partial charge < -0.3 is 18.0 Å². The van der Waals surface area contributed by atoms with Crippen LogP contribution in [0, 0.1) is 6.07 Å². The summed E-state index contributed by atoms with van der Waals surface area (Å²) in [5, 5.41) is 0.914. The van der Waals surface area contributed by atoms with Gasteiger partial charge in [0, 0.05) is 59.2 Å². The van der Waals surface area contributed by atoms with Crippen LogP contribution in [0.3, 0.4) is 0 Å². The summed E-state index contributed by atoms with van der Waals surface area (Å²) in [4.78, 5) is 0. The maximum Gasteiger partial charge on any atom is 0.536 e. The zero-order valence-electron chi connectivity index (χ0n) is 22.0. The summed E-state index contributed by atoms with van der Waals surface area (Å²) in [6.45, 7) is 0.473. The molecule has 0 saturated heterocycles. The Morgan fingerprint density at radius 3 is 1.45 bits per heavy atom. The molecule has 0 amide bonds. The molecule has 0 fully saturated rings. The summed E-state index contributed by atoms with van der Waals surface area (Å²) in [7, 11) is 2.01. The van der Waals surface area contributed by atoms with Gasteiger partial charge in [-0.3, -0.25) is 0 Å². The van der Waals surface area contributed by atoms with Crippen molar-refractivity contribution in [1.82, 2.24) is 0 Å². The fourth-order valence-electron chi connectivity index (χ4n) is 3.86. The molecule has 0 saturated carbocycles. The molecule has 4 nitrogen and oxygen atoms in total. The van der Waals surface area contributed by atoms with E-state index in [4.69, 9.17) is 18.0 Å². The van der Waals surface area contributed by atoms with E-state index >= 15 is 0 Å². The third-order valence-electron chi connectivity index (χ3n) is 6.02. The second-order valence-electron chi connectivity index (χ2n) is 8.39. The van der Waals surface area contributed by atoms with Gasteiger partial charge in [0.25, 0.3) is 0 Å². The van der Waals surface area contributed by atoms with Crippen molar-refractivity contribution in [2.45, 2.75) is 6.61 Å². The largest absolute Gasteiger partial charge is 0.536 e. The first-order chi connectivity index (χ1) is 18.1. The summed E-state index contributed by atoms with van der Waals surface area (Å²) in [6.07, 6.45) is 8.43. The van der Waals surface area contributed by atoms with Crippen LogP contribution in [-0.4, -0.2) is 30.1 Å². The smallest absolute Gasteiger partial charge is 0.489 e. The fourth-order valence-corrected chi connectivity index (χ4v) is 5.65. The Morgan fingerprint density at radius 1 is 0.579 bits per heavy atom. The molecule has 6 heteroatoms. The Labute approximate surface area is 252 Å². The molecule has 0 aliphatic heterocycles. The molecule has 4 aromatic rings. The Bertz CT molecular complexity index is 1290. The molecule has 1 radical (unpaired) electrons. The first kappa shape index (κ1) is 29.9. The van der Waals surface area contributed by atoms with Crippen LogP contribution in [-0.2, 0) is 52.6 Å². The molecule has 0 aliphatic rings. The van der Waals surface area contributed by atoms with Crippen molar-refractivity contribution in [2.75, 3.05) is 21.3 Å². The number of hydrogen-bond acceptors (Lipinski definition) is 4. The minimum atomic E-state index is -2.81. The van der Waals surface area contributed by atoms with E-state index in [0.29, 0.717) is 6.61 Å². The van der Waals surface area contributed by atoms with E-state index in [1.165, 1.54) is 5.56 Å². The van der Waals surface area contributed by atoms with Crippen LogP contribution in [0.2, 0.25) is 0 Å². The van der Waals surface area contributed by atoms with Crippen molar-refractivity contribution in [1.29, 1.82) is 0 Å². The molecule has 0 atom stereocenters. The topological polar surface area (TPSA) is 36.9 Å². The first-order valence-electron chi connectivity index (χ1n) is 12.0. The van der Waals surface area contributed by atoms with E-state index in [1.807, 2.05) is 60.7 Å². The predicted octanol–water partition coefficient (Wildman–Crippen LogP) is 6.49. The van der Waals surface area contributed by atoms with Crippen molar-refractivity contribution in [2.24, 2.45) is 0 Å². The SMILES string of the molecule is CO[Si](OC)(OC)c1ccc(COc2ccc(/C=C/c3ccc(/C=C/c4cc[c-]cc4)cc3)cc2)cc1.[Y]. The molecule has 0 aromatic heterocycles. The maximum absolute atomic E-state index is 5.97. The quantitative estimate of drug-likeness (QED) is 0.113. The molecule has 0 N–H and O–H groups in total. The maximum atomic E-state index is 5.97. The van der Waals surface area contributed by atoms with E-state index in [2.05, 4.69) is 66.8 Å². The van der Waals surface area contributed by atoms with Gasteiger partial charge in [0.1, 0.15) is 12.4 Å². The molecule has 0 spiro atoms. The van der Waals surface area contributed by atoms with Crippen molar-refractivity contribution in [3.8, 4) is 5.75 Å². The van der Waals surface area contributed by atoms with Crippen LogP contribution in [0.4, 0.5) is 0 Å². The standard InChI is InChI=1S/C32H31O4Si.Y/c1-33-37(34-2,35-3)32-23-19-30(20-24-32)25-36-31-21-17-29(18-22-31)16-15-28-13-11-27(12-14-28)10-9-26-7-5-4-6-8-26;/h5-24H,25H2,1-3H3;/q-1;/b10-9+,16-15+;. The summed E-state index contributed by atoms with van der Waals surface area (Å²) in [6, 6.07) is 35.5. The van der Waals surface area contributed by atoms with Crippen LogP contribution in [0.25, 0.3) is 24.3 Å². The van der Waals surface area contributed by atoms with Crippen molar-refractivity contribution in [3.63, 3.8) is 0 Å². The number of hydrogen-bond donors (Lipinski definition) is 0. The molecular formula is C32H31O4SiY-. The van der Waals surface area contributed by atoms with Gasteiger partial charge in [-0.15, -0.1) is 5.56 Å². The number of ether oxygens (including phenoxy) is 1. The average Bonchev–Trinajstić information content (AvgIpc) is 2.97. The van der Waals surface area contributed by atoms with Crippen LogP contribution in [0.5, 0.6) is 5.75 Å². The average molecular weight is 597 g/mol. The Balaban J connectivity index is 0.00000400. The van der Waals surface area contributed by atoms with Crippen molar-refractivity contribution >= 4 is 38.3 Å². The van der Waals surface area contributed by atoms with Crippen LogP contribution < -0.4 is 9.92 Å². The van der Waals surface area contributed by atoms with Gasteiger partial charge in [-0.1, -0.05) is 85.0 Å². The third kappa shape index (κ3) is 8.18.